The van der Waals surface area contributed by atoms with Gasteiger partial charge in [0.05, 0.1) is 5.02 Å². The van der Waals surface area contributed by atoms with E-state index in [1.807, 2.05) is 6.07 Å². The number of anilines is 1. The number of hydrogen-bond donors (Lipinski definition) is 1. The molecule has 0 atom stereocenters. The smallest absolute Gasteiger partial charge is 0.129 e. The van der Waals surface area contributed by atoms with Crippen LogP contribution in [-0.4, -0.2) is 17.6 Å². The largest absolute Gasteiger partial charge is 0.354 e. The average Bonchev–Trinajstić information content (AvgIpc) is 2.26. The SMILES string of the molecule is CC(C)CN(c1cc(CN)c(Cl)cn1)C(C)C. The lowest BCUT2D eigenvalue weighted by Crippen LogP contribution is -2.34. The monoisotopic (exact) mass is 255 g/mol. The molecule has 1 rings (SSSR count). The third-order valence-electron chi connectivity index (χ3n) is 2.62. The third-order valence-corrected chi connectivity index (χ3v) is 2.96. The van der Waals surface area contributed by atoms with Gasteiger partial charge in [-0.3, -0.25) is 0 Å². The normalized spacial score (nSPS) is 11.3. The van der Waals surface area contributed by atoms with Crippen molar-refractivity contribution in [1.82, 2.24) is 4.98 Å². The first kappa shape index (κ1) is 14.3. The van der Waals surface area contributed by atoms with Gasteiger partial charge in [-0.1, -0.05) is 25.4 Å². The molecule has 0 aliphatic heterocycles. The molecule has 1 heterocycles. The number of halogens is 1. The Bertz CT molecular complexity index is 364. The van der Waals surface area contributed by atoms with Gasteiger partial charge in [0.15, 0.2) is 0 Å². The summed E-state index contributed by atoms with van der Waals surface area (Å²) in [4.78, 5) is 6.68. The van der Waals surface area contributed by atoms with Crippen LogP contribution in [0.2, 0.25) is 5.02 Å². The Hall–Kier alpha value is -0.800. The average molecular weight is 256 g/mol. The van der Waals surface area contributed by atoms with Crippen LogP contribution in [0.5, 0.6) is 0 Å². The summed E-state index contributed by atoms with van der Waals surface area (Å²) in [5.41, 5.74) is 6.62. The molecule has 0 aliphatic rings. The summed E-state index contributed by atoms with van der Waals surface area (Å²) >= 11 is 6.03. The maximum atomic E-state index is 6.03. The highest BCUT2D eigenvalue weighted by Crippen LogP contribution is 2.22. The Kier molecular flexibility index (Phi) is 5.22. The van der Waals surface area contributed by atoms with E-state index in [9.17, 15) is 0 Å². The molecule has 0 bridgehead atoms. The van der Waals surface area contributed by atoms with Gasteiger partial charge in [0.1, 0.15) is 5.82 Å². The second-order valence-electron chi connectivity index (χ2n) is 4.98. The summed E-state index contributed by atoms with van der Waals surface area (Å²) in [5.74, 6) is 1.55. The molecule has 1 aromatic heterocycles. The van der Waals surface area contributed by atoms with Crippen LogP contribution in [0.1, 0.15) is 33.3 Å². The van der Waals surface area contributed by atoms with Crippen LogP contribution in [0.25, 0.3) is 0 Å². The molecule has 4 heteroatoms. The fourth-order valence-electron chi connectivity index (χ4n) is 1.74. The minimum absolute atomic E-state index is 0.414. The van der Waals surface area contributed by atoms with Crippen LogP contribution < -0.4 is 10.6 Å². The highest BCUT2D eigenvalue weighted by Gasteiger charge is 2.14. The maximum absolute atomic E-state index is 6.03. The molecular formula is C13H22ClN3. The molecule has 0 aromatic carbocycles. The van der Waals surface area contributed by atoms with E-state index < -0.39 is 0 Å². The number of aromatic nitrogens is 1. The van der Waals surface area contributed by atoms with Gasteiger partial charge < -0.3 is 10.6 Å². The van der Waals surface area contributed by atoms with Crippen molar-refractivity contribution in [2.45, 2.75) is 40.3 Å². The van der Waals surface area contributed by atoms with E-state index in [0.29, 0.717) is 23.5 Å². The van der Waals surface area contributed by atoms with E-state index in [4.69, 9.17) is 17.3 Å². The number of pyridine rings is 1. The first-order chi connectivity index (χ1) is 7.95. The molecule has 3 nitrogen and oxygen atoms in total. The van der Waals surface area contributed by atoms with Gasteiger partial charge in [-0.25, -0.2) is 4.98 Å². The van der Waals surface area contributed by atoms with Crippen LogP contribution in [-0.2, 0) is 6.54 Å². The van der Waals surface area contributed by atoms with Crippen molar-refractivity contribution in [3.8, 4) is 0 Å². The van der Waals surface area contributed by atoms with Crippen LogP contribution in [0.3, 0.4) is 0 Å². The van der Waals surface area contributed by atoms with Gasteiger partial charge in [0.25, 0.3) is 0 Å². The van der Waals surface area contributed by atoms with Gasteiger partial charge >= 0.3 is 0 Å². The van der Waals surface area contributed by atoms with Crippen molar-refractivity contribution in [3.63, 3.8) is 0 Å². The Labute approximate surface area is 109 Å². The van der Waals surface area contributed by atoms with Gasteiger partial charge in [0.2, 0.25) is 0 Å². The number of hydrogen-bond acceptors (Lipinski definition) is 3. The minimum atomic E-state index is 0.414. The van der Waals surface area contributed by atoms with Gasteiger partial charge in [-0.15, -0.1) is 0 Å². The van der Waals surface area contributed by atoms with Crippen LogP contribution in [0, 0.1) is 5.92 Å². The molecule has 0 aliphatic carbocycles. The van der Waals surface area contributed by atoms with Gasteiger partial charge in [-0.05, 0) is 31.4 Å². The van der Waals surface area contributed by atoms with E-state index in [1.165, 1.54) is 0 Å². The van der Waals surface area contributed by atoms with Crippen molar-refractivity contribution >= 4 is 17.4 Å². The minimum Gasteiger partial charge on any atom is -0.354 e. The zero-order valence-electron chi connectivity index (χ0n) is 11.1. The second-order valence-corrected chi connectivity index (χ2v) is 5.39. The first-order valence-electron chi connectivity index (χ1n) is 6.06. The van der Waals surface area contributed by atoms with Crippen molar-refractivity contribution in [1.29, 1.82) is 0 Å². The summed E-state index contributed by atoms with van der Waals surface area (Å²) in [6.45, 7) is 10.2. The summed E-state index contributed by atoms with van der Waals surface area (Å²) < 4.78 is 0. The highest BCUT2D eigenvalue weighted by atomic mass is 35.5. The van der Waals surface area contributed by atoms with Crippen molar-refractivity contribution in [2.75, 3.05) is 11.4 Å². The van der Waals surface area contributed by atoms with Crippen molar-refractivity contribution < 1.29 is 0 Å². The molecule has 2 N–H and O–H groups in total. The van der Waals surface area contributed by atoms with Crippen molar-refractivity contribution in [2.24, 2.45) is 11.7 Å². The fraction of sp³-hybridized carbons (Fsp3) is 0.615. The third kappa shape index (κ3) is 3.86. The topological polar surface area (TPSA) is 42.1 Å². The predicted molar refractivity (Wildman–Crippen MR) is 74.5 cm³/mol. The maximum Gasteiger partial charge on any atom is 0.129 e. The van der Waals surface area contributed by atoms with E-state index in [1.54, 1.807) is 6.20 Å². The predicted octanol–water partition coefficient (Wildman–Crippen LogP) is 3.06. The Morgan fingerprint density at radius 3 is 2.47 bits per heavy atom. The molecule has 0 fully saturated rings. The molecule has 0 saturated heterocycles. The molecule has 0 amide bonds. The lowest BCUT2D eigenvalue weighted by molar-refractivity contribution is 0.566. The zero-order chi connectivity index (χ0) is 13.0. The fourth-order valence-corrected chi connectivity index (χ4v) is 1.92. The molecule has 1 aromatic rings. The molecule has 0 radical (unpaired) electrons. The molecule has 0 unspecified atom stereocenters. The molecule has 17 heavy (non-hydrogen) atoms. The van der Waals surface area contributed by atoms with E-state index >= 15 is 0 Å². The van der Waals surface area contributed by atoms with E-state index in [0.717, 1.165) is 17.9 Å². The van der Waals surface area contributed by atoms with Crippen LogP contribution in [0.15, 0.2) is 12.3 Å². The second kappa shape index (κ2) is 6.22. The summed E-state index contributed by atoms with van der Waals surface area (Å²) in [6, 6.07) is 2.40. The summed E-state index contributed by atoms with van der Waals surface area (Å²) in [5, 5.41) is 0.643. The standard InChI is InChI=1S/C13H22ClN3/c1-9(2)8-17(10(3)4)13-5-11(6-15)12(14)7-16-13/h5,7,9-10H,6,8,15H2,1-4H3. The Morgan fingerprint density at radius 2 is 2.00 bits per heavy atom. The molecule has 96 valence electrons. The Balaban J connectivity index is 3.01. The highest BCUT2D eigenvalue weighted by molar-refractivity contribution is 6.31. The van der Waals surface area contributed by atoms with E-state index in [2.05, 4.69) is 37.6 Å². The number of nitrogens with zero attached hydrogens (tertiary/aromatic N) is 2. The molecule has 0 spiro atoms. The lowest BCUT2D eigenvalue weighted by atomic mass is 10.1. The van der Waals surface area contributed by atoms with Crippen molar-refractivity contribution in [3.05, 3.63) is 22.8 Å². The molecular weight excluding hydrogens is 234 g/mol. The van der Waals surface area contributed by atoms with E-state index in [-0.39, 0.29) is 0 Å². The lowest BCUT2D eigenvalue weighted by Gasteiger charge is -2.30. The number of nitrogens with two attached hydrogens (primary N) is 1. The Morgan fingerprint density at radius 1 is 1.35 bits per heavy atom. The quantitative estimate of drug-likeness (QED) is 0.879. The van der Waals surface area contributed by atoms with Gasteiger partial charge in [0, 0.05) is 25.3 Å². The first-order valence-corrected chi connectivity index (χ1v) is 6.44. The van der Waals surface area contributed by atoms with Gasteiger partial charge in [-0.2, -0.15) is 0 Å². The molecule has 0 saturated carbocycles. The van der Waals surface area contributed by atoms with Crippen LogP contribution >= 0.6 is 11.6 Å². The number of rotatable bonds is 5. The summed E-state index contributed by atoms with van der Waals surface area (Å²) in [7, 11) is 0. The zero-order valence-corrected chi connectivity index (χ0v) is 11.8. The van der Waals surface area contributed by atoms with Crippen LogP contribution in [0.4, 0.5) is 5.82 Å². The summed E-state index contributed by atoms with van der Waals surface area (Å²) in [6.07, 6.45) is 1.69.